The molecule has 140 valence electrons. The van der Waals surface area contributed by atoms with E-state index in [2.05, 4.69) is 10.4 Å². The molecule has 5 nitrogen and oxygen atoms in total. The highest BCUT2D eigenvalue weighted by molar-refractivity contribution is 5.94. The third-order valence-electron chi connectivity index (χ3n) is 4.30. The SMILES string of the molecule is Cc1nn(-c2ccccc2)c(C)c1CC(=O)Nc1ccccc1OC(C)C. The van der Waals surface area contributed by atoms with Crippen LogP contribution in [0, 0.1) is 13.8 Å². The molecule has 0 aliphatic heterocycles. The van der Waals surface area contributed by atoms with Crippen molar-refractivity contribution in [1.29, 1.82) is 0 Å². The number of rotatable bonds is 6. The van der Waals surface area contributed by atoms with Crippen LogP contribution in [-0.2, 0) is 11.2 Å². The van der Waals surface area contributed by atoms with Crippen LogP contribution in [0.2, 0.25) is 0 Å². The van der Waals surface area contributed by atoms with Crippen LogP contribution in [0.5, 0.6) is 5.75 Å². The second-order valence-electron chi connectivity index (χ2n) is 6.78. The van der Waals surface area contributed by atoms with Gasteiger partial charge in [-0.1, -0.05) is 30.3 Å². The van der Waals surface area contributed by atoms with Crippen LogP contribution in [0.4, 0.5) is 5.69 Å². The second-order valence-corrected chi connectivity index (χ2v) is 6.78. The van der Waals surface area contributed by atoms with E-state index in [1.165, 1.54) is 0 Å². The molecule has 2 aromatic carbocycles. The van der Waals surface area contributed by atoms with Gasteiger partial charge in [0.25, 0.3) is 0 Å². The van der Waals surface area contributed by atoms with Crippen molar-refractivity contribution in [3.63, 3.8) is 0 Å². The van der Waals surface area contributed by atoms with Crippen LogP contribution in [0.1, 0.15) is 30.8 Å². The van der Waals surface area contributed by atoms with Crippen molar-refractivity contribution < 1.29 is 9.53 Å². The molecule has 0 bridgehead atoms. The maximum absolute atomic E-state index is 12.7. The summed E-state index contributed by atoms with van der Waals surface area (Å²) in [5.41, 5.74) is 4.44. The third-order valence-corrected chi connectivity index (χ3v) is 4.30. The molecule has 0 aliphatic rings. The maximum atomic E-state index is 12.7. The molecule has 1 N–H and O–H groups in total. The quantitative estimate of drug-likeness (QED) is 0.703. The summed E-state index contributed by atoms with van der Waals surface area (Å²) in [6.07, 6.45) is 0.303. The second kappa shape index (κ2) is 8.08. The number of benzene rings is 2. The minimum atomic E-state index is -0.0892. The van der Waals surface area contributed by atoms with Gasteiger partial charge >= 0.3 is 0 Å². The number of para-hydroxylation sites is 3. The van der Waals surface area contributed by atoms with Crippen LogP contribution in [-0.4, -0.2) is 21.8 Å². The normalized spacial score (nSPS) is 10.9. The van der Waals surface area contributed by atoms with E-state index in [0.717, 1.165) is 22.6 Å². The fourth-order valence-corrected chi connectivity index (χ4v) is 3.03. The Morgan fingerprint density at radius 1 is 1.07 bits per heavy atom. The number of ether oxygens (including phenoxy) is 1. The molecule has 0 radical (unpaired) electrons. The van der Waals surface area contributed by atoms with Crippen molar-refractivity contribution in [2.24, 2.45) is 0 Å². The van der Waals surface area contributed by atoms with E-state index in [1.54, 1.807) is 0 Å². The molecule has 1 aromatic heterocycles. The van der Waals surface area contributed by atoms with E-state index >= 15 is 0 Å². The molecule has 0 saturated carbocycles. The lowest BCUT2D eigenvalue weighted by Gasteiger charge is -2.14. The minimum absolute atomic E-state index is 0.0386. The van der Waals surface area contributed by atoms with E-state index in [-0.39, 0.29) is 18.4 Å². The molecule has 0 spiro atoms. The fourth-order valence-electron chi connectivity index (χ4n) is 3.03. The number of anilines is 1. The van der Waals surface area contributed by atoms with Gasteiger partial charge in [0.15, 0.2) is 0 Å². The van der Waals surface area contributed by atoms with E-state index in [0.29, 0.717) is 11.4 Å². The summed E-state index contributed by atoms with van der Waals surface area (Å²) in [5.74, 6) is 0.586. The summed E-state index contributed by atoms with van der Waals surface area (Å²) < 4.78 is 7.66. The largest absolute Gasteiger partial charge is 0.489 e. The number of carbonyl (C=O) groups is 1. The average Bonchev–Trinajstić information content (AvgIpc) is 2.92. The van der Waals surface area contributed by atoms with Crippen molar-refractivity contribution in [1.82, 2.24) is 9.78 Å². The minimum Gasteiger partial charge on any atom is -0.489 e. The summed E-state index contributed by atoms with van der Waals surface area (Å²) >= 11 is 0. The van der Waals surface area contributed by atoms with Gasteiger partial charge in [-0.2, -0.15) is 5.10 Å². The number of nitrogens with one attached hydrogen (secondary N) is 1. The smallest absolute Gasteiger partial charge is 0.229 e. The number of hydrogen-bond donors (Lipinski definition) is 1. The van der Waals surface area contributed by atoms with E-state index in [4.69, 9.17) is 4.74 Å². The molecule has 0 aliphatic carbocycles. The van der Waals surface area contributed by atoms with Crippen LogP contribution >= 0.6 is 0 Å². The van der Waals surface area contributed by atoms with Crippen molar-refractivity contribution in [3.05, 3.63) is 71.5 Å². The molecule has 3 rings (SSSR count). The molecule has 0 atom stereocenters. The standard InChI is InChI=1S/C22H25N3O2/c1-15(2)27-21-13-9-8-12-20(21)23-22(26)14-19-16(3)24-25(17(19)4)18-10-6-5-7-11-18/h5-13,15H,14H2,1-4H3,(H,23,26). The van der Waals surface area contributed by atoms with Crippen molar-refractivity contribution in [2.75, 3.05) is 5.32 Å². The Labute approximate surface area is 160 Å². The van der Waals surface area contributed by atoms with Gasteiger partial charge in [-0.3, -0.25) is 4.79 Å². The van der Waals surface area contributed by atoms with E-state index in [1.807, 2.05) is 87.0 Å². The van der Waals surface area contributed by atoms with Crippen molar-refractivity contribution >= 4 is 11.6 Å². The Hall–Kier alpha value is -3.08. The molecule has 0 saturated heterocycles. The number of amides is 1. The summed E-state index contributed by atoms with van der Waals surface area (Å²) in [6, 6.07) is 17.4. The first-order valence-electron chi connectivity index (χ1n) is 9.11. The fraction of sp³-hybridized carbons (Fsp3) is 0.273. The zero-order valence-corrected chi connectivity index (χ0v) is 16.2. The van der Waals surface area contributed by atoms with E-state index < -0.39 is 0 Å². The van der Waals surface area contributed by atoms with Gasteiger partial charge in [-0.05, 0) is 52.0 Å². The Morgan fingerprint density at radius 2 is 1.74 bits per heavy atom. The average molecular weight is 363 g/mol. The number of hydrogen-bond acceptors (Lipinski definition) is 3. The van der Waals surface area contributed by atoms with Gasteiger partial charge < -0.3 is 10.1 Å². The zero-order chi connectivity index (χ0) is 19.4. The van der Waals surface area contributed by atoms with Crippen LogP contribution in [0.15, 0.2) is 54.6 Å². The highest BCUT2D eigenvalue weighted by Crippen LogP contribution is 2.25. The van der Waals surface area contributed by atoms with Crippen LogP contribution < -0.4 is 10.1 Å². The predicted octanol–water partition coefficient (Wildman–Crippen LogP) is 4.46. The lowest BCUT2D eigenvalue weighted by Crippen LogP contribution is -2.17. The Morgan fingerprint density at radius 3 is 2.44 bits per heavy atom. The van der Waals surface area contributed by atoms with Crippen molar-refractivity contribution in [2.45, 2.75) is 40.2 Å². The lowest BCUT2D eigenvalue weighted by atomic mass is 10.1. The molecule has 1 heterocycles. The monoisotopic (exact) mass is 363 g/mol. The summed E-state index contributed by atoms with van der Waals surface area (Å²) in [5, 5.41) is 7.58. The van der Waals surface area contributed by atoms with Gasteiger partial charge in [0.1, 0.15) is 5.75 Å². The highest BCUT2D eigenvalue weighted by atomic mass is 16.5. The molecule has 0 fully saturated rings. The first-order valence-corrected chi connectivity index (χ1v) is 9.11. The van der Waals surface area contributed by atoms with Crippen LogP contribution in [0.25, 0.3) is 5.69 Å². The van der Waals surface area contributed by atoms with Gasteiger partial charge in [0.2, 0.25) is 5.91 Å². The Kier molecular flexibility index (Phi) is 5.60. The molecule has 1 amide bonds. The Balaban J connectivity index is 1.79. The molecular weight excluding hydrogens is 338 g/mol. The summed E-state index contributed by atoms with van der Waals surface area (Å²) in [6.45, 7) is 7.85. The third kappa shape index (κ3) is 4.37. The molecule has 5 heteroatoms. The predicted molar refractivity (Wildman–Crippen MR) is 108 cm³/mol. The summed E-state index contributed by atoms with van der Waals surface area (Å²) in [7, 11) is 0. The van der Waals surface area contributed by atoms with E-state index in [9.17, 15) is 4.79 Å². The molecule has 0 unspecified atom stereocenters. The van der Waals surface area contributed by atoms with Gasteiger partial charge in [0, 0.05) is 11.3 Å². The number of nitrogens with zero attached hydrogens (tertiary/aromatic N) is 2. The molecular formula is C22H25N3O2. The molecule has 3 aromatic rings. The number of carbonyl (C=O) groups excluding carboxylic acids is 1. The lowest BCUT2D eigenvalue weighted by molar-refractivity contribution is -0.115. The first-order chi connectivity index (χ1) is 13.0. The van der Waals surface area contributed by atoms with Crippen LogP contribution in [0.3, 0.4) is 0 Å². The zero-order valence-electron chi connectivity index (χ0n) is 16.2. The number of aryl methyl sites for hydroxylation is 1. The van der Waals surface area contributed by atoms with Gasteiger partial charge in [-0.15, -0.1) is 0 Å². The van der Waals surface area contributed by atoms with Crippen molar-refractivity contribution in [3.8, 4) is 11.4 Å². The number of aromatic nitrogens is 2. The molecule has 27 heavy (non-hydrogen) atoms. The Bertz CT molecular complexity index is 930. The van der Waals surface area contributed by atoms with Gasteiger partial charge in [0.05, 0.1) is 29.6 Å². The highest BCUT2D eigenvalue weighted by Gasteiger charge is 2.17. The first kappa shape index (κ1) is 18.7. The maximum Gasteiger partial charge on any atom is 0.229 e. The summed E-state index contributed by atoms with van der Waals surface area (Å²) in [4.78, 5) is 12.7. The topological polar surface area (TPSA) is 56.2 Å². The van der Waals surface area contributed by atoms with Gasteiger partial charge in [-0.25, -0.2) is 4.68 Å².